The molecule has 0 aliphatic heterocycles. The number of carboxylic acid groups (broad SMARTS) is 1. The molecule has 0 aliphatic carbocycles. The van der Waals surface area contributed by atoms with Crippen LogP contribution in [0.2, 0.25) is 0 Å². The average Bonchev–Trinajstić information content (AvgIpc) is 3.21. The summed E-state index contributed by atoms with van der Waals surface area (Å²) in [5, 5.41) is 11.6. The van der Waals surface area contributed by atoms with Crippen LogP contribution < -0.4 is 5.11 Å². The van der Waals surface area contributed by atoms with E-state index in [0.29, 0.717) is 12.8 Å². The van der Waals surface area contributed by atoms with E-state index < -0.39 is 18.1 Å². The topological polar surface area (TPSA) is 102 Å². The monoisotopic (exact) mass is 832 g/mol. The largest absolute Gasteiger partial charge is 0.544 e. The summed E-state index contributed by atoms with van der Waals surface area (Å²) in [5.74, 6) is -1.88. The lowest BCUT2D eigenvalue weighted by atomic mass is 10.1. The van der Waals surface area contributed by atoms with Crippen LogP contribution in [0.5, 0.6) is 0 Å². The van der Waals surface area contributed by atoms with Crippen molar-refractivity contribution < 1.29 is 38.2 Å². The van der Waals surface area contributed by atoms with Gasteiger partial charge < -0.3 is 28.6 Å². The lowest BCUT2D eigenvalue weighted by molar-refractivity contribution is -0.889. The van der Waals surface area contributed by atoms with Crippen LogP contribution in [0, 0.1) is 0 Å². The molecular weight excluding hydrogens is 751 g/mol. The fraction of sp³-hybridized carbons (Fsp3) is 0.558. The molecule has 0 spiro atoms. The minimum atomic E-state index is -1.15. The van der Waals surface area contributed by atoms with Crippen molar-refractivity contribution in [3.8, 4) is 0 Å². The van der Waals surface area contributed by atoms with Gasteiger partial charge in [0.1, 0.15) is 12.6 Å². The van der Waals surface area contributed by atoms with E-state index in [1.54, 1.807) is 21.1 Å². The molecule has 2 unspecified atom stereocenters. The molecule has 0 radical (unpaired) electrons. The van der Waals surface area contributed by atoms with Crippen molar-refractivity contribution in [1.82, 2.24) is 0 Å². The summed E-state index contributed by atoms with van der Waals surface area (Å²) in [7, 11) is 5.36. The highest BCUT2D eigenvalue weighted by molar-refractivity contribution is 5.70. The van der Waals surface area contributed by atoms with Crippen LogP contribution in [0.15, 0.2) is 122 Å². The number of carboxylic acids is 1. The van der Waals surface area contributed by atoms with Crippen molar-refractivity contribution in [3.05, 3.63) is 122 Å². The molecule has 0 saturated heterocycles. The van der Waals surface area contributed by atoms with Gasteiger partial charge in [-0.25, -0.2) is 0 Å². The minimum absolute atomic E-state index is 0.00324. The molecular formula is C52H81NO7. The molecule has 0 aromatic carbocycles. The molecule has 336 valence electrons. The Hall–Kier alpha value is -4.27. The van der Waals surface area contributed by atoms with Crippen molar-refractivity contribution in [2.45, 2.75) is 148 Å². The maximum absolute atomic E-state index is 12.7. The molecule has 0 fully saturated rings. The van der Waals surface area contributed by atoms with Crippen LogP contribution in [-0.2, 0) is 28.6 Å². The Morgan fingerprint density at radius 2 is 1.02 bits per heavy atom. The van der Waals surface area contributed by atoms with E-state index >= 15 is 0 Å². The van der Waals surface area contributed by atoms with E-state index in [1.165, 1.54) is 38.5 Å². The first-order valence-corrected chi connectivity index (χ1v) is 22.7. The van der Waals surface area contributed by atoms with E-state index in [4.69, 9.17) is 14.2 Å². The zero-order valence-electron chi connectivity index (χ0n) is 38.1. The lowest BCUT2D eigenvalue weighted by Gasteiger charge is -2.34. The molecule has 0 aromatic heterocycles. The second-order valence-corrected chi connectivity index (χ2v) is 15.7. The van der Waals surface area contributed by atoms with Crippen LogP contribution in [0.25, 0.3) is 0 Å². The molecule has 60 heavy (non-hydrogen) atoms. The number of hydrogen-bond acceptors (Lipinski definition) is 7. The van der Waals surface area contributed by atoms with E-state index in [9.17, 15) is 19.5 Å². The van der Waals surface area contributed by atoms with Crippen molar-refractivity contribution >= 4 is 17.9 Å². The van der Waals surface area contributed by atoms with E-state index in [2.05, 4.69) is 62.5 Å². The van der Waals surface area contributed by atoms with Crippen molar-refractivity contribution in [2.75, 3.05) is 41.0 Å². The lowest BCUT2D eigenvalue weighted by Crippen LogP contribution is -2.55. The van der Waals surface area contributed by atoms with Crippen LogP contribution in [0.4, 0.5) is 0 Å². The molecule has 0 aliphatic rings. The number of ether oxygens (including phenoxy) is 3. The normalized spacial score (nSPS) is 14.1. The molecule has 0 amide bonds. The molecule has 0 N–H and O–H groups in total. The number of hydrogen-bond donors (Lipinski definition) is 0. The summed E-state index contributed by atoms with van der Waals surface area (Å²) in [4.78, 5) is 36.9. The molecule has 0 saturated carbocycles. The highest BCUT2D eigenvalue weighted by atomic mass is 16.6. The molecule has 2 atom stereocenters. The van der Waals surface area contributed by atoms with E-state index in [-0.39, 0.29) is 55.5 Å². The van der Waals surface area contributed by atoms with Gasteiger partial charge in [0.25, 0.3) is 0 Å². The van der Waals surface area contributed by atoms with Crippen molar-refractivity contribution in [2.24, 2.45) is 0 Å². The maximum atomic E-state index is 12.7. The van der Waals surface area contributed by atoms with Gasteiger partial charge in [0.15, 0.2) is 6.10 Å². The van der Waals surface area contributed by atoms with Gasteiger partial charge in [-0.1, -0.05) is 174 Å². The first kappa shape index (κ1) is 55.7. The summed E-state index contributed by atoms with van der Waals surface area (Å²) in [6, 6.07) is -0.750. The van der Waals surface area contributed by atoms with Gasteiger partial charge in [-0.15, -0.1) is 0 Å². The van der Waals surface area contributed by atoms with Crippen LogP contribution in [0.3, 0.4) is 0 Å². The smallest absolute Gasteiger partial charge is 0.306 e. The van der Waals surface area contributed by atoms with Crippen molar-refractivity contribution in [3.63, 3.8) is 0 Å². The number of carbonyl (C=O) groups excluding carboxylic acids is 3. The highest BCUT2D eigenvalue weighted by Crippen LogP contribution is 2.11. The maximum Gasteiger partial charge on any atom is 0.306 e. The summed E-state index contributed by atoms with van der Waals surface area (Å²) in [5.41, 5.74) is 0. The molecule has 0 bridgehead atoms. The molecule has 0 rings (SSSR count). The number of allylic oxidation sites excluding steroid dienone is 20. The summed E-state index contributed by atoms with van der Waals surface area (Å²) in [6.45, 7) is 4.37. The van der Waals surface area contributed by atoms with Crippen LogP contribution >= 0.6 is 0 Å². The molecule has 0 heterocycles. The quantitative estimate of drug-likeness (QED) is 0.0201. The molecule has 8 nitrogen and oxygen atoms in total. The Kier molecular flexibility index (Phi) is 38.5. The van der Waals surface area contributed by atoms with Gasteiger partial charge >= 0.3 is 11.9 Å². The van der Waals surface area contributed by atoms with Gasteiger partial charge in [0, 0.05) is 19.3 Å². The second-order valence-electron chi connectivity index (χ2n) is 15.7. The first-order chi connectivity index (χ1) is 29.1. The second kappa shape index (κ2) is 41.5. The predicted octanol–water partition coefficient (Wildman–Crippen LogP) is 11.3. The number of rotatable bonds is 38. The Bertz CT molecular complexity index is 1390. The van der Waals surface area contributed by atoms with Gasteiger partial charge in [-0.3, -0.25) is 9.59 Å². The highest BCUT2D eigenvalue weighted by Gasteiger charge is 2.25. The fourth-order valence-corrected chi connectivity index (χ4v) is 5.77. The Morgan fingerprint density at radius 3 is 1.58 bits per heavy atom. The zero-order chi connectivity index (χ0) is 44.2. The van der Waals surface area contributed by atoms with E-state index in [0.717, 1.165) is 51.4 Å². The van der Waals surface area contributed by atoms with Gasteiger partial charge in [-0.2, -0.15) is 0 Å². The number of carbonyl (C=O) groups is 3. The number of esters is 2. The first-order valence-electron chi connectivity index (χ1n) is 22.7. The van der Waals surface area contributed by atoms with Crippen LogP contribution in [-0.4, -0.2) is 75.5 Å². The summed E-state index contributed by atoms with van der Waals surface area (Å²) in [6.07, 6.45) is 58.0. The number of nitrogens with zero attached hydrogens (tertiary/aromatic N) is 1. The molecule has 8 heteroatoms. The minimum Gasteiger partial charge on any atom is -0.544 e. The number of unbranched alkanes of at least 4 members (excludes halogenated alkanes) is 10. The summed E-state index contributed by atoms with van der Waals surface area (Å²) < 4.78 is 17.1. The number of likely N-dealkylation sites (N-methyl/N-ethyl adjacent to an activating group) is 1. The molecule has 0 aromatic rings. The third kappa shape index (κ3) is 39.2. The van der Waals surface area contributed by atoms with Crippen molar-refractivity contribution in [1.29, 1.82) is 0 Å². The SMILES string of the molecule is CC/C=C/C=C/C=C/C=C/C=C/C=C/C=C/CCCCCC(=O)OC(COCCC(C(=O)[O-])[N+](C)(C)C)COC(=O)CCC/C=C/C/C=C/C/C=C/CCCCCCCC. The van der Waals surface area contributed by atoms with Gasteiger partial charge in [-0.05, 0) is 64.2 Å². The third-order valence-electron chi connectivity index (χ3n) is 9.28. The standard InChI is InChI=1S/C52H81NO7/c1-6-8-10-12-14-16-18-20-22-24-25-27-29-31-33-35-37-39-41-43-51(55)60-48(46-58-45-44-49(52(56)57)53(3,4)5)47-59-50(54)42-40-38-36-34-32-30-28-26-23-21-19-17-15-13-11-9-7-2/h8,10,12,14,16,18,20-25,27-31,33-34,36,48-49H,6-7,9,11,13,15,17,19,26,32,35,37-47H2,1-5H3/b10-8+,14-12+,18-16+,22-20+,23-21+,25-24+,29-27+,30-28+,33-31+,36-34+. The Morgan fingerprint density at radius 1 is 0.533 bits per heavy atom. The number of aliphatic carboxylic acids is 1. The third-order valence-corrected chi connectivity index (χ3v) is 9.28. The Labute approximate surface area is 365 Å². The number of quaternary nitrogens is 1. The Balaban J connectivity index is 4.56. The van der Waals surface area contributed by atoms with Crippen LogP contribution in [0.1, 0.15) is 136 Å². The van der Waals surface area contributed by atoms with Gasteiger partial charge in [0.2, 0.25) is 0 Å². The summed E-state index contributed by atoms with van der Waals surface area (Å²) >= 11 is 0. The van der Waals surface area contributed by atoms with Gasteiger partial charge in [0.05, 0.1) is 40.3 Å². The van der Waals surface area contributed by atoms with E-state index in [1.807, 2.05) is 72.9 Å². The fourth-order valence-electron chi connectivity index (χ4n) is 5.77. The predicted molar refractivity (Wildman–Crippen MR) is 249 cm³/mol. The zero-order valence-corrected chi connectivity index (χ0v) is 38.1. The average molecular weight is 832 g/mol.